The highest BCUT2D eigenvalue weighted by Crippen LogP contribution is 2.31. The molecule has 0 aromatic heterocycles. The second-order valence-corrected chi connectivity index (χ2v) is 5.26. The van der Waals surface area contributed by atoms with Crippen LogP contribution in [0.3, 0.4) is 0 Å². The monoisotopic (exact) mass is 284 g/mol. The zero-order valence-corrected chi connectivity index (χ0v) is 12.1. The lowest BCUT2D eigenvalue weighted by molar-refractivity contribution is 0.177. The van der Waals surface area contributed by atoms with E-state index in [-0.39, 0.29) is 12.1 Å². The maximum Gasteiger partial charge on any atom is 0.123 e. The van der Waals surface area contributed by atoms with Gasteiger partial charge in [-0.3, -0.25) is 11.3 Å². The molecule has 0 bridgehead atoms. The lowest BCUT2D eigenvalue weighted by Gasteiger charge is -2.23. The third-order valence-electron chi connectivity index (χ3n) is 3.97. The van der Waals surface area contributed by atoms with Gasteiger partial charge in [0, 0.05) is 6.42 Å². The fraction of sp³-hybridized carbons (Fsp3) is 0.294. The van der Waals surface area contributed by atoms with Crippen molar-refractivity contribution >= 4 is 0 Å². The molecule has 0 radical (unpaired) electrons. The summed E-state index contributed by atoms with van der Waals surface area (Å²) in [7, 11) is 1.69. The minimum Gasteiger partial charge on any atom is -0.496 e. The highest BCUT2D eigenvalue weighted by atomic mass is 16.5. The molecule has 0 fully saturated rings. The number of fused-ring (bicyclic) bond motifs is 1. The summed E-state index contributed by atoms with van der Waals surface area (Å²) >= 11 is 0. The van der Waals surface area contributed by atoms with Gasteiger partial charge >= 0.3 is 0 Å². The van der Waals surface area contributed by atoms with Crippen LogP contribution in [-0.2, 0) is 12.8 Å². The lowest BCUT2D eigenvalue weighted by atomic mass is 9.98. The second-order valence-electron chi connectivity index (χ2n) is 5.26. The summed E-state index contributed by atoms with van der Waals surface area (Å²) in [6, 6.07) is 16.2. The van der Waals surface area contributed by atoms with Crippen LogP contribution in [0.2, 0.25) is 0 Å². The predicted octanol–water partition coefficient (Wildman–Crippen LogP) is 2.07. The van der Waals surface area contributed by atoms with Crippen LogP contribution in [0.1, 0.15) is 11.1 Å². The number of methoxy groups -OCH3 is 1. The molecule has 4 nitrogen and oxygen atoms in total. The number of hydrazine groups is 1. The highest BCUT2D eigenvalue weighted by molar-refractivity contribution is 5.38. The van der Waals surface area contributed by atoms with Crippen LogP contribution in [0.15, 0.2) is 48.5 Å². The van der Waals surface area contributed by atoms with E-state index in [1.165, 1.54) is 5.56 Å². The van der Waals surface area contributed by atoms with Gasteiger partial charge in [0.05, 0.1) is 13.2 Å². The normalized spacial score (nSPS) is 17.9. The molecular formula is C17H20N2O2. The van der Waals surface area contributed by atoms with Crippen molar-refractivity contribution in [2.75, 3.05) is 7.11 Å². The molecule has 0 saturated carbocycles. The van der Waals surface area contributed by atoms with Crippen molar-refractivity contribution in [1.82, 2.24) is 5.43 Å². The summed E-state index contributed by atoms with van der Waals surface area (Å²) in [6.07, 6.45) is 1.68. The molecule has 1 aliphatic heterocycles. The van der Waals surface area contributed by atoms with E-state index in [1.54, 1.807) is 7.11 Å². The third-order valence-corrected chi connectivity index (χ3v) is 3.97. The molecule has 1 aliphatic rings. The van der Waals surface area contributed by atoms with Gasteiger partial charge in [-0.15, -0.1) is 0 Å². The number of benzene rings is 2. The minimum absolute atomic E-state index is 0.0358. The van der Waals surface area contributed by atoms with Crippen LogP contribution in [0.25, 0.3) is 0 Å². The molecule has 0 amide bonds. The number of nitrogens with one attached hydrogen (secondary N) is 1. The van der Waals surface area contributed by atoms with Gasteiger partial charge in [0.25, 0.3) is 0 Å². The van der Waals surface area contributed by atoms with Crippen LogP contribution < -0.4 is 20.7 Å². The van der Waals surface area contributed by atoms with Gasteiger partial charge < -0.3 is 9.47 Å². The Labute approximate surface area is 124 Å². The summed E-state index contributed by atoms with van der Waals surface area (Å²) < 4.78 is 11.4. The van der Waals surface area contributed by atoms with E-state index in [2.05, 4.69) is 17.6 Å². The molecule has 2 unspecified atom stereocenters. The fourth-order valence-electron chi connectivity index (χ4n) is 2.84. The molecule has 4 heteroatoms. The number of hydrogen-bond acceptors (Lipinski definition) is 4. The van der Waals surface area contributed by atoms with E-state index in [0.717, 1.165) is 29.9 Å². The van der Waals surface area contributed by atoms with Gasteiger partial charge in [-0.05, 0) is 29.7 Å². The Hall–Kier alpha value is -2.04. The molecule has 3 N–H and O–H groups in total. The molecule has 2 atom stereocenters. The molecular weight excluding hydrogens is 264 g/mol. The van der Waals surface area contributed by atoms with E-state index in [0.29, 0.717) is 0 Å². The quantitative estimate of drug-likeness (QED) is 0.652. The van der Waals surface area contributed by atoms with Gasteiger partial charge in [0.2, 0.25) is 0 Å². The molecule has 2 aromatic rings. The fourth-order valence-corrected chi connectivity index (χ4v) is 2.84. The van der Waals surface area contributed by atoms with Gasteiger partial charge in [-0.1, -0.05) is 36.4 Å². The van der Waals surface area contributed by atoms with E-state index in [4.69, 9.17) is 15.3 Å². The Morgan fingerprint density at radius 1 is 1.24 bits per heavy atom. The first-order valence-electron chi connectivity index (χ1n) is 7.14. The number of rotatable bonds is 5. The first kappa shape index (κ1) is 13.9. The van der Waals surface area contributed by atoms with Gasteiger partial charge in [0.1, 0.15) is 17.6 Å². The van der Waals surface area contributed by atoms with Crippen molar-refractivity contribution in [3.05, 3.63) is 59.7 Å². The molecule has 1 heterocycles. The van der Waals surface area contributed by atoms with Crippen molar-refractivity contribution in [2.45, 2.75) is 25.0 Å². The topological polar surface area (TPSA) is 56.5 Å². The summed E-state index contributed by atoms with van der Waals surface area (Å²) in [5.41, 5.74) is 5.26. The van der Waals surface area contributed by atoms with Gasteiger partial charge in [0.15, 0.2) is 0 Å². The van der Waals surface area contributed by atoms with E-state index < -0.39 is 0 Å². The molecule has 3 rings (SSSR count). The van der Waals surface area contributed by atoms with Crippen LogP contribution in [-0.4, -0.2) is 19.3 Å². The second kappa shape index (κ2) is 6.16. The van der Waals surface area contributed by atoms with Crippen molar-refractivity contribution < 1.29 is 9.47 Å². The maximum absolute atomic E-state index is 6.02. The van der Waals surface area contributed by atoms with Crippen molar-refractivity contribution in [2.24, 2.45) is 5.84 Å². The molecule has 0 aliphatic carbocycles. The summed E-state index contributed by atoms with van der Waals surface area (Å²) in [5, 5.41) is 0. The predicted molar refractivity (Wildman–Crippen MR) is 82.4 cm³/mol. The SMILES string of the molecule is COc1ccccc1CC(NN)C1Cc2ccccc2O1. The summed E-state index contributed by atoms with van der Waals surface area (Å²) in [4.78, 5) is 0. The van der Waals surface area contributed by atoms with Crippen LogP contribution in [0, 0.1) is 0 Å². The molecule has 110 valence electrons. The third kappa shape index (κ3) is 2.86. The Morgan fingerprint density at radius 3 is 2.76 bits per heavy atom. The average molecular weight is 284 g/mol. The van der Waals surface area contributed by atoms with Crippen LogP contribution >= 0.6 is 0 Å². The lowest BCUT2D eigenvalue weighted by Crippen LogP contribution is -2.47. The summed E-state index contributed by atoms with van der Waals surface area (Å²) in [5.74, 6) is 7.60. The highest BCUT2D eigenvalue weighted by Gasteiger charge is 2.30. The molecule has 0 saturated heterocycles. The minimum atomic E-state index is 0.0358. The van der Waals surface area contributed by atoms with Gasteiger partial charge in [-0.25, -0.2) is 0 Å². The Bertz CT molecular complexity index is 590. The maximum atomic E-state index is 6.02. The number of para-hydroxylation sites is 2. The van der Waals surface area contributed by atoms with Crippen molar-refractivity contribution in [3.8, 4) is 11.5 Å². The first-order valence-corrected chi connectivity index (χ1v) is 7.14. The zero-order chi connectivity index (χ0) is 14.7. The number of ether oxygens (including phenoxy) is 2. The summed E-state index contributed by atoms with van der Waals surface area (Å²) in [6.45, 7) is 0. The van der Waals surface area contributed by atoms with Gasteiger partial charge in [-0.2, -0.15) is 0 Å². The van der Waals surface area contributed by atoms with Crippen LogP contribution in [0.4, 0.5) is 0 Å². The molecule has 0 spiro atoms. The Balaban J connectivity index is 1.75. The van der Waals surface area contributed by atoms with E-state index >= 15 is 0 Å². The number of hydrogen-bond donors (Lipinski definition) is 2. The molecule has 2 aromatic carbocycles. The van der Waals surface area contributed by atoms with Crippen molar-refractivity contribution in [1.29, 1.82) is 0 Å². The largest absolute Gasteiger partial charge is 0.496 e. The number of nitrogens with two attached hydrogens (primary N) is 1. The van der Waals surface area contributed by atoms with E-state index in [1.807, 2.05) is 36.4 Å². The van der Waals surface area contributed by atoms with Crippen LogP contribution in [0.5, 0.6) is 11.5 Å². The zero-order valence-electron chi connectivity index (χ0n) is 12.1. The Kier molecular flexibility index (Phi) is 4.08. The first-order chi connectivity index (χ1) is 10.3. The molecule has 21 heavy (non-hydrogen) atoms. The Morgan fingerprint density at radius 2 is 2.00 bits per heavy atom. The van der Waals surface area contributed by atoms with E-state index in [9.17, 15) is 0 Å². The average Bonchev–Trinajstić information content (AvgIpc) is 2.96. The smallest absolute Gasteiger partial charge is 0.123 e. The van der Waals surface area contributed by atoms with Crippen molar-refractivity contribution in [3.63, 3.8) is 0 Å². The standard InChI is InChI=1S/C17H20N2O2/c1-20-15-8-4-2-6-12(15)10-14(19-18)17-11-13-7-3-5-9-16(13)21-17/h2-9,14,17,19H,10-11,18H2,1H3.